The lowest BCUT2D eigenvalue weighted by Gasteiger charge is -2.22. The molecule has 96 valence electrons. The van der Waals surface area contributed by atoms with Gasteiger partial charge in [0, 0.05) is 11.6 Å². The number of carbonyl (C=O) groups is 1. The third kappa shape index (κ3) is 3.22. The van der Waals surface area contributed by atoms with Crippen molar-refractivity contribution in [3.8, 4) is 0 Å². The Morgan fingerprint density at radius 3 is 2.67 bits per heavy atom. The third-order valence-electron chi connectivity index (χ3n) is 3.54. The molecule has 2 rings (SSSR count). The predicted molar refractivity (Wildman–Crippen MR) is 75.6 cm³/mol. The average Bonchev–Trinajstić information content (AvgIpc) is 2.39. The highest BCUT2D eigenvalue weighted by Crippen LogP contribution is 2.18. The van der Waals surface area contributed by atoms with Gasteiger partial charge in [-0.15, -0.1) is 0 Å². The molecule has 1 N–H and O–H groups in total. The molecule has 1 saturated carbocycles. The lowest BCUT2D eigenvalue weighted by atomic mass is 9.95. The molecule has 2 nitrogen and oxygen atoms in total. The van der Waals surface area contributed by atoms with Gasteiger partial charge in [0.15, 0.2) is 0 Å². The Morgan fingerprint density at radius 1 is 1.28 bits per heavy atom. The Hall–Kier alpha value is -1.57. The van der Waals surface area contributed by atoms with Crippen molar-refractivity contribution >= 4 is 12.0 Å². The standard InChI is InChI=1S/C16H21NO/c1-3-13-9-12(2)10-14(11-13)16(18)17-15-7-5-4-6-8-15/h3,9-11,15H,1,4-8H2,2H3,(H,17,18). The Morgan fingerprint density at radius 2 is 2.00 bits per heavy atom. The van der Waals surface area contributed by atoms with Crippen LogP contribution in [0.5, 0.6) is 0 Å². The van der Waals surface area contributed by atoms with E-state index in [0.717, 1.165) is 29.5 Å². The van der Waals surface area contributed by atoms with Gasteiger partial charge in [0.2, 0.25) is 0 Å². The van der Waals surface area contributed by atoms with Gasteiger partial charge >= 0.3 is 0 Å². The number of hydrogen-bond donors (Lipinski definition) is 1. The number of rotatable bonds is 3. The summed E-state index contributed by atoms with van der Waals surface area (Å²) in [4.78, 5) is 12.2. The highest BCUT2D eigenvalue weighted by molar-refractivity contribution is 5.95. The van der Waals surface area contributed by atoms with Crippen molar-refractivity contribution in [1.29, 1.82) is 0 Å². The molecule has 0 heterocycles. The minimum atomic E-state index is 0.0497. The molecule has 2 heteroatoms. The largest absolute Gasteiger partial charge is 0.349 e. The molecule has 0 bridgehead atoms. The Labute approximate surface area is 109 Å². The van der Waals surface area contributed by atoms with Crippen LogP contribution in [0.3, 0.4) is 0 Å². The van der Waals surface area contributed by atoms with E-state index >= 15 is 0 Å². The third-order valence-corrected chi connectivity index (χ3v) is 3.54. The topological polar surface area (TPSA) is 29.1 Å². The van der Waals surface area contributed by atoms with Gasteiger partial charge in [0.1, 0.15) is 0 Å². The SMILES string of the molecule is C=Cc1cc(C)cc(C(=O)NC2CCCCC2)c1. The fourth-order valence-electron chi connectivity index (χ4n) is 2.58. The number of hydrogen-bond acceptors (Lipinski definition) is 1. The summed E-state index contributed by atoms with van der Waals surface area (Å²) in [6.45, 7) is 5.76. The van der Waals surface area contributed by atoms with Gasteiger partial charge < -0.3 is 5.32 Å². The molecule has 0 saturated heterocycles. The zero-order valence-electron chi connectivity index (χ0n) is 11.0. The molecule has 0 unspecified atom stereocenters. The number of carbonyl (C=O) groups excluding carboxylic acids is 1. The molecule has 0 radical (unpaired) electrons. The van der Waals surface area contributed by atoms with E-state index in [2.05, 4.69) is 11.9 Å². The van der Waals surface area contributed by atoms with Crippen LogP contribution in [0.2, 0.25) is 0 Å². The quantitative estimate of drug-likeness (QED) is 0.861. The molecule has 1 amide bonds. The van der Waals surface area contributed by atoms with Crippen LogP contribution >= 0.6 is 0 Å². The van der Waals surface area contributed by atoms with Crippen LogP contribution in [-0.4, -0.2) is 11.9 Å². The van der Waals surface area contributed by atoms with Gasteiger partial charge in [-0.1, -0.05) is 38.0 Å². The zero-order chi connectivity index (χ0) is 13.0. The summed E-state index contributed by atoms with van der Waals surface area (Å²) in [5, 5.41) is 3.14. The molecular weight excluding hydrogens is 222 g/mol. The lowest BCUT2D eigenvalue weighted by Crippen LogP contribution is -2.36. The molecule has 18 heavy (non-hydrogen) atoms. The van der Waals surface area contributed by atoms with E-state index in [4.69, 9.17) is 0 Å². The number of aryl methyl sites for hydroxylation is 1. The second-order valence-electron chi connectivity index (χ2n) is 5.14. The number of benzene rings is 1. The molecule has 0 aliphatic heterocycles. The molecule has 0 spiro atoms. The van der Waals surface area contributed by atoms with Crippen molar-refractivity contribution in [2.24, 2.45) is 0 Å². The molecule has 1 aliphatic rings. The van der Waals surface area contributed by atoms with E-state index in [1.54, 1.807) is 6.08 Å². The Balaban J connectivity index is 2.07. The molecular formula is C16H21NO. The highest BCUT2D eigenvalue weighted by Gasteiger charge is 2.16. The first-order valence-corrected chi connectivity index (χ1v) is 6.74. The monoisotopic (exact) mass is 243 g/mol. The van der Waals surface area contributed by atoms with Gasteiger partial charge in [-0.25, -0.2) is 0 Å². The molecule has 0 atom stereocenters. The van der Waals surface area contributed by atoms with Crippen LogP contribution in [-0.2, 0) is 0 Å². The van der Waals surface area contributed by atoms with E-state index in [1.807, 2.05) is 25.1 Å². The first-order valence-electron chi connectivity index (χ1n) is 6.74. The van der Waals surface area contributed by atoms with Crippen molar-refractivity contribution in [2.45, 2.75) is 45.1 Å². The average molecular weight is 243 g/mol. The second kappa shape index (κ2) is 5.85. The van der Waals surface area contributed by atoms with Crippen LogP contribution in [0.1, 0.15) is 53.6 Å². The summed E-state index contributed by atoms with van der Waals surface area (Å²) >= 11 is 0. The fourth-order valence-corrected chi connectivity index (χ4v) is 2.58. The van der Waals surface area contributed by atoms with Crippen LogP contribution in [0, 0.1) is 6.92 Å². The summed E-state index contributed by atoms with van der Waals surface area (Å²) in [6, 6.07) is 6.23. The van der Waals surface area contributed by atoms with E-state index in [1.165, 1.54) is 19.3 Å². The van der Waals surface area contributed by atoms with E-state index < -0.39 is 0 Å². The molecule has 1 aliphatic carbocycles. The maximum absolute atomic E-state index is 12.2. The molecule has 1 aromatic carbocycles. The predicted octanol–water partition coefficient (Wildman–Crippen LogP) is 3.70. The van der Waals surface area contributed by atoms with Crippen LogP contribution in [0.25, 0.3) is 6.08 Å². The van der Waals surface area contributed by atoms with Crippen LogP contribution in [0.15, 0.2) is 24.8 Å². The second-order valence-corrected chi connectivity index (χ2v) is 5.14. The van der Waals surface area contributed by atoms with Gasteiger partial charge in [0.25, 0.3) is 5.91 Å². The van der Waals surface area contributed by atoms with E-state index in [0.29, 0.717) is 6.04 Å². The zero-order valence-corrected chi connectivity index (χ0v) is 11.0. The number of amides is 1. The van der Waals surface area contributed by atoms with Gasteiger partial charge in [-0.05, 0) is 43.0 Å². The Bertz CT molecular complexity index is 444. The van der Waals surface area contributed by atoms with Gasteiger partial charge in [-0.2, -0.15) is 0 Å². The molecule has 1 aromatic rings. The van der Waals surface area contributed by atoms with Crippen molar-refractivity contribution in [3.63, 3.8) is 0 Å². The van der Waals surface area contributed by atoms with E-state index in [9.17, 15) is 4.79 Å². The van der Waals surface area contributed by atoms with E-state index in [-0.39, 0.29) is 5.91 Å². The summed E-state index contributed by atoms with van der Waals surface area (Å²) in [5.74, 6) is 0.0497. The minimum absolute atomic E-state index is 0.0497. The lowest BCUT2D eigenvalue weighted by molar-refractivity contribution is 0.0927. The maximum atomic E-state index is 12.2. The summed E-state index contributed by atoms with van der Waals surface area (Å²) in [6.07, 6.45) is 7.78. The van der Waals surface area contributed by atoms with Gasteiger partial charge in [0.05, 0.1) is 0 Å². The summed E-state index contributed by atoms with van der Waals surface area (Å²) in [7, 11) is 0. The maximum Gasteiger partial charge on any atom is 0.251 e. The first kappa shape index (κ1) is 12.9. The van der Waals surface area contributed by atoms with Crippen LogP contribution in [0.4, 0.5) is 0 Å². The molecule has 0 aromatic heterocycles. The summed E-state index contributed by atoms with van der Waals surface area (Å²) < 4.78 is 0. The summed E-state index contributed by atoms with van der Waals surface area (Å²) in [5.41, 5.74) is 2.85. The Kier molecular flexibility index (Phi) is 4.19. The van der Waals surface area contributed by atoms with Gasteiger partial charge in [-0.3, -0.25) is 4.79 Å². The first-order chi connectivity index (χ1) is 8.69. The van der Waals surface area contributed by atoms with Crippen molar-refractivity contribution < 1.29 is 4.79 Å². The highest BCUT2D eigenvalue weighted by atomic mass is 16.1. The van der Waals surface area contributed by atoms with Crippen molar-refractivity contribution in [1.82, 2.24) is 5.32 Å². The minimum Gasteiger partial charge on any atom is -0.349 e. The van der Waals surface area contributed by atoms with Crippen LogP contribution < -0.4 is 5.32 Å². The smallest absolute Gasteiger partial charge is 0.251 e. The fraction of sp³-hybridized carbons (Fsp3) is 0.438. The van der Waals surface area contributed by atoms with Crippen molar-refractivity contribution in [2.75, 3.05) is 0 Å². The normalized spacial score (nSPS) is 16.3. The molecule has 1 fully saturated rings. The number of nitrogens with one attached hydrogen (secondary N) is 1. The van der Waals surface area contributed by atoms with Crippen molar-refractivity contribution in [3.05, 3.63) is 41.5 Å².